The number of ether oxygens (including phenoxy) is 1. The lowest BCUT2D eigenvalue weighted by Gasteiger charge is -2.16. The second-order valence-corrected chi connectivity index (χ2v) is 6.56. The van der Waals surface area contributed by atoms with E-state index in [-0.39, 0.29) is 5.02 Å². The highest BCUT2D eigenvalue weighted by molar-refractivity contribution is 6.42. The summed E-state index contributed by atoms with van der Waals surface area (Å²) in [7, 11) is 1.29. The molecule has 1 amide bonds. The molecule has 26 heavy (non-hydrogen) atoms. The Morgan fingerprint density at radius 2 is 1.92 bits per heavy atom. The van der Waals surface area contributed by atoms with E-state index < -0.39 is 17.9 Å². The van der Waals surface area contributed by atoms with Crippen molar-refractivity contribution >= 4 is 46.0 Å². The zero-order valence-electron chi connectivity index (χ0n) is 13.9. The normalized spacial score (nSPS) is 12.0. The quantitative estimate of drug-likeness (QED) is 0.647. The van der Waals surface area contributed by atoms with E-state index in [0.717, 1.165) is 16.5 Å². The van der Waals surface area contributed by atoms with Crippen molar-refractivity contribution in [2.45, 2.75) is 12.5 Å². The number of amides is 1. The van der Waals surface area contributed by atoms with Crippen LogP contribution in [0.5, 0.6) is 0 Å². The van der Waals surface area contributed by atoms with Crippen LogP contribution in [0, 0.1) is 0 Å². The molecule has 0 aliphatic rings. The summed E-state index contributed by atoms with van der Waals surface area (Å²) in [6, 6.07) is 11.4. The number of para-hydroxylation sites is 1. The van der Waals surface area contributed by atoms with Crippen molar-refractivity contribution in [3.05, 3.63) is 69.8 Å². The molecule has 2 aromatic carbocycles. The number of H-pyrrole nitrogens is 1. The topological polar surface area (TPSA) is 71.2 Å². The summed E-state index contributed by atoms with van der Waals surface area (Å²) in [5.74, 6) is -0.956. The van der Waals surface area contributed by atoms with E-state index in [1.54, 1.807) is 6.07 Å². The summed E-state index contributed by atoms with van der Waals surface area (Å²) in [6.45, 7) is 0. The van der Waals surface area contributed by atoms with Gasteiger partial charge in [0.15, 0.2) is 0 Å². The van der Waals surface area contributed by atoms with Crippen molar-refractivity contribution in [3.63, 3.8) is 0 Å². The van der Waals surface area contributed by atoms with Crippen LogP contribution < -0.4 is 5.32 Å². The minimum atomic E-state index is -0.832. The zero-order chi connectivity index (χ0) is 18.7. The molecule has 0 bridgehead atoms. The predicted molar refractivity (Wildman–Crippen MR) is 102 cm³/mol. The molecule has 0 spiro atoms. The molecule has 0 saturated heterocycles. The minimum absolute atomic E-state index is 0.269. The number of nitrogens with one attached hydrogen (secondary N) is 2. The molecule has 134 valence electrons. The summed E-state index contributed by atoms with van der Waals surface area (Å²) >= 11 is 11.8. The van der Waals surface area contributed by atoms with Crippen molar-refractivity contribution in [1.29, 1.82) is 0 Å². The molecule has 1 atom stereocenters. The van der Waals surface area contributed by atoms with E-state index in [2.05, 4.69) is 10.3 Å². The van der Waals surface area contributed by atoms with Gasteiger partial charge in [0.1, 0.15) is 6.04 Å². The van der Waals surface area contributed by atoms with Gasteiger partial charge < -0.3 is 15.0 Å². The van der Waals surface area contributed by atoms with Crippen molar-refractivity contribution in [2.75, 3.05) is 7.11 Å². The lowest BCUT2D eigenvalue weighted by Crippen LogP contribution is -2.43. The number of methoxy groups -OCH3 is 1. The first-order chi connectivity index (χ1) is 12.5. The first-order valence-electron chi connectivity index (χ1n) is 7.88. The maximum Gasteiger partial charge on any atom is 0.328 e. The molecule has 1 heterocycles. The molecular formula is C19H16Cl2N2O3. The van der Waals surface area contributed by atoms with Crippen molar-refractivity contribution < 1.29 is 14.3 Å². The number of aromatic nitrogens is 1. The highest BCUT2D eigenvalue weighted by atomic mass is 35.5. The van der Waals surface area contributed by atoms with Crippen molar-refractivity contribution in [2.24, 2.45) is 0 Å². The van der Waals surface area contributed by atoms with Crippen LogP contribution in [0.4, 0.5) is 0 Å². The predicted octanol–water partition coefficient (Wildman–Crippen LogP) is 3.99. The number of rotatable bonds is 5. The second kappa shape index (κ2) is 7.81. The number of carbonyl (C=O) groups excluding carboxylic acids is 2. The number of hydrogen-bond donors (Lipinski definition) is 2. The van der Waals surface area contributed by atoms with Crippen LogP contribution in [0.25, 0.3) is 10.9 Å². The van der Waals surface area contributed by atoms with Crippen molar-refractivity contribution in [3.8, 4) is 0 Å². The van der Waals surface area contributed by atoms with Gasteiger partial charge in [-0.15, -0.1) is 0 Å². The molecule has 7 heteroatoms. The Labute approximate surface area is 160 Å². The minimum Gasteiger partial charge on any atom is -0.467 e. The standard InChI is InChI=1S/C19H16Cl2N2O3/c1-26-19(25)17(9-12-10-22-16-5-3-2-4-13(12)16)23-18(24)11-6-7-14(20)15(21)8-11/h2-8,10,17,22H,9H2,1H3,(H,23,24)/t17-/m1/s1. The summed E-state index contributed by atoms with van der Waals surface area (Å²) in [6.07, 6.45) is 2.12. The van der Waals surface area contributed by atoms with E-state index in [1.165, 1.54) is 19.2 Å². The smallest absolute Gasteiger partial charge is 0.328 e. The molecule has 0 aliphatic heterocycles. The van der Waals surface area contributed by atoms with E-state index in [1.807, 2.05) is 30.5 Å². The van der Waals surface area contributed by atoms with Gasteiger partial charge in [0.25, 0.3) is 5.91 Å². The molecule has 3 rings (SSSR count). The van der Waals surface area contributed by atoms with Gasteiger partial charge in [-0.2, -0.15) is 0 Å². The maximum absolute atomic E-state index is 12.5. The van der Waals surface area contributed by atoms with Crippen LogP contribution in [-0.4, -0.2) is 30.0 Å². The summed E-state index contributed by atoms with van der Waals surface area (Å²) < 4.78 is 4.84. The summed E-state index contributed by atoms with van der Waals surface area (Å²) in [4.78, 5) is 27.8. The largest absolute Gasteiger partial charge is 0.467 e. The van der Waals surface area contributed by atoms with Crippen LogP contribution >= 0.6 is 23.2 Å². The zero-order valence-corrected chi connectivity index (χ0v) is 15.4. The monoisotopic (exact) mass is 390 g/mol. The van der Waals surface area contributed by atoms with Gasteiger partial charge in [-0.3, -0.25) is 4.79 Å². The number of benzene rings is 2. The highest BCUT2D eigenvalue weighted by Crippen LogP contribution is 2.23. The van der Waals surface area contributed by atoms with Crippen LogP contribution in [-0.2, 0) is 16.0 Å². The SMILES string of the molecule is COC(=O)[C@@H](Cc1c[nH]c2ccccc12)NC(=O)c1ccc(Cl)c(Cl)c1. The Morgan fingerprint density at radius 3 is 2.65 bits per heavy atom. The third-order valence-corrected chi connectivity index (χ3v) is 4.81. The molecule has 1 aromatic heterocycles. The molecule has 2 N–H and O–H groups in total. The average Bonchev–Trinajstić information content (AvgIpc) is 3.05. The fraction of sp³-hybridized carbons (Fsp3) is 0.158. The first kappa shape index (κ1) is 18.3. The van der Waals surface area contributed by atoms with Gasteiger partial charge >= 0.3 is 5.97 Å². The molecule has 0 radical (unpaired) electrons. The maximum atomic E-state index is 12.5. The molecule has 0 unspecified atom stereocenters. The number of fused-ring (bicyclic) bond motifs is 1. The van der Waals surface area contributed by atoms with Crippen LogP contribution in [0.1, 0.15) is 15.9 Å². The van der Waals surface area contributed by atoms with Gasteiger partial charge in [0.05, 0.1) is 17.2 Å². The Kier molecular flexibility index (Phi) is 5.49. The van der Waals surface area contributed by atoms with Gasteiger partial charge in [0.2, 0.25) is 0 Å². The second-order valence-electron chi connectivity index (χ2n) is 5.74. The third-order valence-electron chi connectivity index (χ3n) is 4.07. The summed E-state index contributed by atoms with van der Waals surface area (Å²) in [5, 5.41) is 4.32. The fourth-order valence-corrected chi connectivity index (χ4v) is 3.03. The van der Waals surface area contributed by atoms with Crippen molar-refractivity contribution in [1.82, 2.24) is 10.3 Å². The number of esters is 1. The Bertz CT molecular complexity index is 968. The van der Waals surface area contributed by atoms with Gasteiger partial charge in [0, 0.05) is 29.1 Å². The first-order valence-corrected chi connectivity index (χ1v) is 8.64. The highest BCUT2D eigenvalue weighted by Gasteiger charge is 2.24. The van der Waals surface area contributed by atoms with Crippen LogP contribution in [0.3, 0.4) is 0 Å². The summed E-state index contributed by atoms with van der Waals surface area (Å²) in [5.41, 5.74) is 2.18. The van der Waals surface area contributed by atoms with Crippen LogP contribution in [0.2, 0.25) is 10.0 Å². The van der Waals surface area contributed by atoms with Gasteiger partial charge in [-0.25, -0.2) is 4.79 Å². The molecular weight excluding hydrogens is 375 g/mol. The Balaban J connectivity index is 1.83. The lowest BCUT2D eigenvalue weighted by molar-refractivity contribution is -0.142. The average molecular weight is 391 g/mol. The Hall–Kier alpha value is -2.50. The molecule has 0 aliphatic carbocycles. The number of carbonyl (C=O) groups is 2. The Morgan fingerprint density at radius 1 is 1.15 bits per heavy atom. The van der Waals surface area contributed by atoms with E-state index >= 15 is 0 Å². The van der Waals surface area contributed by atoms with Crippen LogP contribution in [0.15, 0.2) is 48.7 Å². The molecule has 0 fully saturated rings. The van der Waals surface area contributed by atoms with Gasteiger partial charge in [-0.05, 0) is 29.8 Å². The van der Waals surface area contributed by atoms with E-state index in [4.69, 9.17) is 27.9 Å². The van der Waals surface area contributed by atoms with E-state index in [0.29, 0.717) is 17.0 Å². The van der Waals surface area contributed by atoms with Gasteiger partial charge in [-0.1, -0.05) is 41.4 Å². The third kappa shape index (κ3) is 3.84. The number of hydrogen-bond acceptors (Lipinski definition) is 3. The molecule has 0 saturated carbocycles. The number of aromatic amines is 1. The lowest BCUT2D eigenvalue weighted by atomic mass is 10.0. The fourth-order valence-electron chi connectivity index (χ4n) is 2.73. The molecule has 5 nitrogen and oxygen atoms in total. The van der Waals surface area contributed by atoms with E-state index in [9.17, 15) is 9.59 Å². The number of halogens is 2. The molecule has 3 aromatic rings.